The van der Waals surface area contributed by atoms with Crippen molar-refractivity contribution in [2.24, 2.45) is 0 Å². The lowest BCUT2D eigenvalue weighted by Gasteiger charge is -2.10. The van der Waals surface area contributed by atoms with Crippen molar-refractivity contribution in [2.75, 3.05) is 5.73 Å². The number of halogens is 1. The lowest BCUT2D eigenvalue weighted by atomic mass is 10.1. The summed E-state index contributed by atoms with van der Waals surface area (Å²) in [5.41, 5.74) is 7.31. The average Bonchev–Trinajstić information content (AvgIpc) is 2.44. The van der Waals surface area contributed by atoms with E-state index in [1.54, 1.807) is 0 Å². The largest absolute Gasteiger partial charge is 0.369 e. The number of aromatic nitrogens is 2. The molecule has 0 unspecified atom stereocenters. The van der Waals surface area contributed by atoms with Gasteiger partial charge in [-0.1, -0.05) is 42.5 Å². The Morgan fingerprint density at radius 1 is 1.37 bits per heavy atom. The minimum Gasteiger partial charge on any atom is -0.369 e. The number of rotatable bonds is 3. The Morgan fingerprint density at radius 2 is 2.05 bits per heavy atom. The molecule has 98 valence electrons. The average molecular weight is 367 g/mol. The first-order chi connectivity index (χ1) is 9.15. The quantitative estimate of drug-likeness (QED) is 0.670. The molecule has 5 heteroatoms. The van der Waals surface area contributed by atoms with Gasteiger partial charge in [0.15, 0.2) is 0 Å². The van der Waals surface area contributed by atoms with Gasteiger partial charge in [-0.25, -0.2) is 4.98 Å². The van der Waals surface area contributed by atoms with Gasteiger partial charge in [0.2, 0.25) is 5.95 Å². The third-order valence-electron chi connectivity index (χ3n) is 2.71. The first kappa shape index (κ1) is 13.8. The lowest BCUT2D eigenvalue weighted by Crippen LogP contribution is -2.27. The summed E-state index contributed by atoms with van der Waals surface area (Å²) in [5, 5.41) is 0. The van der Waals surface area contributed by atoms with Crippen LogP contribution in [0.1, 0.15) is 6.92 Å². The van der Waals surface area contributed by atoms with E-state index in [-0.39, 0.29) is 11.5 Å². The van der Waals surface area contributed by atoms with E-state index in [0.29, 0.717) is 15.8 Å². The topological polar surface area (TPSA) is 60.9 Å². The Bertz CT molecular complexity index is 662. The number of hydrogen-bond donors (Lipinski definition) is 1. The van der Waals surface area contributed by atoms with Crippen molar-refractivity contribution in [1.29, 1.82) is 0 Å². The standard InChI is InChI=1S/C14H14IN3O/c1-2-3-9-18-13(19)11(15)12(17-14(18)16)10-7-5-4-6-8-10/h2-8H,9H2,1H3,(H2,16,17). The molecule has 0 radical (unpaired) electrons. The minimum absolute atomic E-state index is 0.106. The molecule has 0 saturated carbocycles. The molecule has 0 fully saturated rings. The highest BCUT2D eigenvalue weighted by atomic mass is 127. The van der Waals surface area contributed by atoms with Gasteiger partial charge in [-0.3, -0.25) is 9.36 Å². The second kappa shape index (κ2) is 6.01. The number of hydrogen-bond acceptors (Lipinski definition) is 3. The highest BCUT2D eigenvalue weighted by molar-refractivity contribution is 14.1. The molecule has 0 bridgehead atoms. The molecule has 0 aliphatic carbocycles. The summed E-state index contributed by atoms with van der Waals surface area (Å²) >= 11 is 2.03. The Kier molecular flexibility index (Phi) is 4.36. The zero-order valence-electron chi connectivity index (χ0n) is 10.5. The zero-order valence-corrected chi connectivity index (χ0v) is 12.7. The molecule has 0 atom stereocenters. The van der Waals surface area contributed by atoms with E-state index in [2.05, 4.69) is 4.98 Å². The van der Waals surface area contributed by atoms with E-state index in [4.69, 9.17) is 5.73 Å². The summed E-state index contributed by atoms with van der Waals surface area (Å²) < 4.78 is 2.05. The highest BCUT2D eigenvalue weighted by Gasteiger charge is 2.13. The van der Waals surface area contributed by atoms with Gasteiger partial charge in [0.05, 0.1) is 5.69 Å². The maximum absolute atomic E-state index is 12.3. The predicted octanol–water partition coefficient (Wildman–Crippen LogP) is 2.67. The number of anilines is 1. The van der Waals surface area contributed by atoms with Crippen molar-refractivity contribution in [1.82, 2.24) is 9.55 Å². The molecule has 0 aliphatic rings. The van der Waals surface area contributed by atoms with Crippen molar-refractivity contribution in [3.05, 3.63) is 56.4 Å². The van der Waals surface area contributed by atoms with E-state index < -0.39 is 0 Å². The summed E-state index contributed by atoms with van der Waals surface area (Å²) in [6.07, 6.45) is 3.75. The molecule has 1 heterocycles. The number of nitrogens with zero attached hydrogens (tertiary/aromatic N) is 2. The van der Waals surface area contributed by atoms with Gasteiger partial charge in [-0.15, -0.1) is 0 Å². The van der Waals surface area contributed by atoms with Crippen LogP contribution in [0.15, 0.2) is 47.3 Å². The molecule has 1 aromatic carbocycles. The number of benzene rings is 1. The van der Waals surface area contributed by atoms with Gasteiger partial charge < -0.3 is 5.73 Å². The van der Waals surface area contributed by atoms with Crippen molar-refractivity contribution in [2.45, 2.75) is 13.5 Å². The van der Waals surface area contributed by atoms with Gasteiger partial charge in [0, 0.05) is 12.1 Å². The van der Waals surface area contributed by atoms with E-state index in [1.807, 2.05) is 72.0 Å². The molecule has 2 rings (SSSR count). The molecule has 0 saturated heterocycles. The lowest BCUT2D eigenvalue weighted by molar-refractivity contribution is 0.765. The fraction of sp³-hybridized carbons (Fsp3) is 0.143. The van der Waals surface area contributed by atoms with Crippen LogP contribution in [0.4, 0.5) is 5.95 Å². The Hall–Kier alpha value is -1.63. The van der Waals surface area contributed by atoms with E-state index in [9.17, 15) is 4.79 Å². The number of allylic oxidation sites excluding steroid dienone is 2. The molecular formula is C14H14IN3O. The van der Waals surface area contributed by atoms with Crippen LogP contribution in [-0.2, 0) is 6.54 Å². The van der Waals surface area contributed by atoms with Crippen LogP contribution in [-0.4, -0.2) is 9.55 Å². The van der Waals surface area contributed by atoms with Crippen LogP contribution in [0.2, 0.25) is 0 Å². The maximum atomic E-state index is 12.3. The smallest absolute Gasteiger partial charge is 0.269 e. The molecular weight excluding hydrogens is 353 g/mol. The summed E-state index contributed by atoms with van der Waals surface area (Å²) in [6.45, 7) is 2.34. The Morgan fingerprint density at radius 3 is 2.68 bits per heavy atom. The predicted molar refractivity (Wildman–Crippen MR) is 85.9 cm³/mol. The van der Waals surface area contributed by atoms with Crippen LogP contribution < -0.4 is 11.3 Å². The monoisotopic (exact) mass is 367 g/mol. The molecule has 0 amide bonds. The van der Waals surface area contributed by atoms with Crippen LogP contribution in [0.25, 0.3) is 11.3 Å². The van der Waals surface area contributed by atoms with Crippen molar-refractivity contribution >= 4 is 28.5 Å². The van der Waals surface area contributed by atoms with E-state index >= 15 is 0 Å². The molecule has 1 aromatic heterocycles. The normalized spacial score (nSPS) is 11.1. The summed E-state index contributed by atoms with van der Waals surface area (Å²) in [5.74, 6) is 0.238. The van der Waals surface area contributed by atoms with Crippen LogP contribution in [0, 0.1) is 3.57 Å². The molecule has 19 heavy (non-hydrogen) atoms. The second-order valence-electron chi connectivity index (χ2n) is 3.98. The minimum atomic E-state index is -0.106. The number of nitrogens with two attached hydrogens (primary N) is 1. The first-order valence-electron chi connectivity index (χ1n) is 5.87. The van der Waals surface area contributed by atoms with Crippen LogP contribution in [0.5, 0.6) is 0 Å². The van der Waals surface area contributed by atoms with Gasteiger partial charge in [-0.2, -0.15) is 0 Å². The van der Waals surface area contributed by atoms with Gasteiger partial charge in [-0.05, 0) is 29.5 Å². The SMILES string of the molecule is CC=CCn1c(N)nc(-c2ccccc2)c(I)c1=O. The number of nitrogen functional groups attached to an aromatic ring is 1. The van der Waals surface area contributed by atoms with Crippen LogP contribution >= 0.6 is 22.6 Å². The molecule has 2 N–H and O–H groups in total. The third kappa shape index (κ3) is 2.86. The van der Waals surface area contributed by atoms with Crippen molar-refractivity contribution < 1.29 is 0 Å². The van der Waals surface area contributed by atoms with E-state index in [0.717, 1.165) is 5.56 Å². The van der Waals surface area contributed by atoms with Crippen molar-refractivity contribution in [3.63, 3.8) is 0 Å². The summed E-state index contributed by atoms with van der Waals surface area (Å²) in [4.78, 5) is 16.6. The summed E-state index contributed by atoms with van der Waals surface area (Å²) in [6, 6.07) is 9.58. The van der Waals surface area contributed by atoms with Crippen LogP contribution in [0.3, 0.4) is 0 Å². The van der Waals surface area contributed by atoms with E-state index in [1.165, 1.54) is 4.57 Å². The van der Waals surface area contributed by atoms with Gasteiger partial charge >= 0.3 is 0 Å². The highest BCUT2D eigenvalue weighted by Crippen LogP contribution is 2.21. The molecule has 2 aromatic rings. The second-order valence-corrected chi connectivity index (χ2v) is 5.06. The molecule has 0 aliphatic heterocycles. The fourth-order valence-corrected chi connectivity index (χ4v) is 2.45. The fourth-order valence-electron chi connectivity index (χ4n) is 1.72. The van der Waals surface area contributed by atoms with Gasteiger partial charge in [0.25, 0.3) is 5.56 Å². The molecule has 0 spiro atoms. The zero-order chi connectivity index (χ0) is 13.8. The first-order valence-corrected chi connectivity index (χ1v) is 6.95. The maximum Gasteiger partial charge on any atom is 0.269 e. The van der Waals surface area contributed by atoms with Crippen molar-refractivity contribution in [3.8, 4) is 11.3 Å². The Labute approximate surface area is 125 Å². The Balaban J connectivity index is 2.59. The third-order valence-corrected chi connectivity index (χ3v) is 3.69. The summed E-state index contributed by atoms with van der Waals surface area (Å²) in [7, 11) is 0. The van der Waals surface area contributed by atoms with Gasteiger partial charge in [0.1, 0.15) is 3.57 Å². The molecule has 4 nitrogen and oxygen atoms in total.